The number of ketones is 1. The van der Waals surface area contributed by atoms with Crippen LogP contribution >= 0.6 is 0 Å². The molecule has 92 valence electrons. The summed E-state index contributed by atoms with van der Waals surface area (Å²) in [6, 6.07) is 0. The fourth-order valence-electron chi connectivity index (χ4n) is 2.66. The van der Waals surface area contributed by atoms with Crippen LogP contribution in [0.4, 0.5) is 0 Å². The monoisotopic (exact) mass is 226 g/mol. The smallest absolute Gasteiger partial charge is 0.305 e. The largest absolute Gasteiger partial charge is 0.469 e. The summed E-state index contributed by atoms with van der Waals surface area (Å²) >= 11 is 0. The number of carbonyl (C=O) groups is 2. The second-order valence-corrected chi connectivity index (χ2v) is 4.83. The van der Waals surface area contributed by atoms with E-state index in [1.54, 1.807) is 0 Å². The zero-order chi connectivity index (χ0) is 12.1. The summed E-state index contributed by atoms with van der Waals surface area (Å²) in [6.45, 7) is 4.09. The van der Waals surface area contributed by atoms with E-state index >= 15 is 0 Å². The van der Waals surface area contributed by atoms with Crippen molar-refractivity contribution in [3.05, 3.63) is 0 Å². The molecule has 0 aromatic carbocycles. The number of hydrogen-bond donors (Lipinski definition) is 0. The van der Waals surface area contributed by atoms with Gasteiger partial charge in [0.05, 0.1) is 7.11 Å². The Morgan fingerprint density at radius 3 is 2.75 bits per heavy atom. The normalized spacial score (nSPS) is 29.4. The molecule has 0 saturated heterocycles. The number of methoxy groups -OCH3 is 1. The highest BCUT2D eigenvalue weighted by molar-refractivity contribution is 5.86. The molecule has 16 heavy (non-hydrogen) atoms. The molecule has 0 amide bonds. The van der Waals surface area contributed by atoms with E-state index in [1.807, 2.05) is 6.92 Å². The third kappa shape index (κ3) is 3.06. The Labute approximate surface area is 97.5 Å². The van der Waals surface area contributed by atoms with Crippen molar-refractivity contribution in [2.75, 3.05) is 7.11 Å². The second kappa shape index (κ2) is 6.02. The highest BCUT2D eigenvalue weighted by atomic mass is 16.5. The van der Waals surface area contributed by atoms with Gasteiger partial charge in [-0.3, -0.25) is 9.59 Å². The van der Waals surface area contributed by atoms with Crippen molar-refractivity contribution in [1.29, 1.82) is 0 Å². The average molecular weight is 226 g/mol. The van der Waals surface area contributed by atoms with Gasteiger partial charge in [0.25, 0.3) is 0 Å². The first-order chi connectivity index (χ1) is 7.60. The molecule has 0 radical (unpaired) electrons. The number of esters is 1. The van der Waals surface area contributed by atoms with E-state index in [1.165, 1.54) is 7.11 Å². The van der Waals surface area contributed by atoms with Crippen LogP contribution < -0.4 is 0 Å². The van der Waals surface area contributed by atoms with Gasteiger partial charge in [0.1, 0.15) is 5.78 Å². The molecule has 0 spiro atoms. The van der Waals surface area contributed by atoms with Gasteiger partial charge in [0, 0.05) is 18.3 Å². The molecule has 1 rings (SSSR count). The number of Topliss-reactive ketones (excluding diaryl/α,β-unsaturated/α-hetero) is 1. The Hall–Kier alpha value is -0.860. The lowest BCUT2D eigenvalue weighted by atomic mass is 9.88. The fraction of sp³-hybridized carbons (Fsp3) is 0.846. The van der Waals surface area contributed by atoms with Crippen LogP contribution in [0, 0.1) is 17.8 Å². The molecule has 1 fully saturated rings. The summed E-state index contributed by atoms with van der Waals surface area (Å²) in [5.74, 6) is 0.586. The minimum atomic E-state index is -0.187. The molecule has 3 atom stereocenters. The molecule has 1 aliphatic carbocycles. The lowest BCUT2D eigenvalue weighted by molar-refractivity contribution is -0.142. The molecular formula is C13H22O3. The lowest BCUT2D eigenvalue weighted by Gasteiger charge is -2.16. The Morgan fingerprint density at radius 1 is 1.50 bits per heavy atom. The van der Waals surface area contributed by atoms with Crippen molar-refractivity contribution >= 4 is 11.8 Å². The predicted molar refractivity (Wildman–Crippen MR) is 61.9 cm³/mol. The number of ether oxygens (including phenoxy) is 1. The fourth-order valence-corrected chi connectivity index (χ4v) is 2.66. The predicted octanol–water partition coefficient (Wildman–Crippen LogP) is 2.58. The first-order valence-corrected chi connectivity index (χ1v) is 6.20. The van der Waals surface area contributed by atoms with Crippen molar-refractivity contribution in [2.24, 2.45) is 17.8 Å². The third-order valence-electron chi connectivity index (χ3n) is 3.60. The number of carbonyl (C=O) groups excluding carboxylic acids is 2. The molecule has 1 aliphatic rings. The van der Waals surface area contributed by atoms with Crippen LogP contribution in [-0.2, 0) is 14.3 Å². The van der Waals surface area contributed by atoms with Crippen LogP contribution in [0.2, 0.25) is 0 Å². The van der Waals surface area contributed by atoms with E-state index in [9.17, 15) is 9.59 Å². The second-order valence-electron chi connectivity index (χ2n) is 4.83. The molecule has 3 unspecified atom stereocenters. The maximum atomic E-state index is 11.9. The third-order valence-corrected chi connectivity index (χ3v) is 3.60. The van der Waals surface area contributed by atoms with Gasteiger partial charge in [0.15, 0.2) is 0 Å². The van der Waals surface area contributed by atoms with Crippen molar-refractivity contribution in [1.82, 2.24) is 0 Å². The van der Waals surface area contributed by atoms with Gasteiger partial charge < -0.3 is 4.74 Å². The summed E-state index contributed by atoms with van der Waals surface area (Å²) < 4.78 is 4.69. The van der Waals surface area contributed by atoms with Crippen molar-refractivity contribution in [3.63, 3.8) is 0 Å². The van der Waals surface area contributed by atoms with Gasteiger partial charge in [0.2, 0.25) is 0 Å². The van der Waals surface area contributed by atoms with Gasteiger partial charge in [-0.05, 0) is 18.8 Å². The van der Waals surface area contributed by atoms with Gasteiger partial charge in [-0.25, -0.2) is 0 Å². The van der Waals surface area contributed by atoms with Crippen molar-refractivity contribution in [3.8, 4) is 0 Å². The Kier molecular flexibility index (Phi) is 4.97. The summed E-state index contributed by atoms with van der Waals surface area (Å²) in [4.78, 5) is 23.2. The first-order valence-electron chi connectivity index (χ1n) is 6.20. The molecule has 0 aromatic heterocycles. The highest BCUT2D eigenvalue weighted by Gasteiger charge is 2.40. The average Bonchev–Trinajstić information content (AvgIpc) is 2.52. The Morgan fingerprint density at radius 2 is 2.19 bits per heavy atom. The summed E-state index contributed by atoms with van der Waals surface area (Å²) in [5, 5.41) is 0. The Balaban J connectivity index is 2.59. The SMILES string of the molecule is CCCCC1C(=O)C(C)CC1CC(=O)OC. The van der Waals surface area contributed by atoms with E-state index < -0.39 is 0 Å². The number of hydrogen-bond acceptors (Lipinski definition) is 3. The molecule has 0 aromatic rings. The molecule has 3 nitrogen and oxygen atoms in total. The zero-order valence-corrected chi connectivity index (χ0v) is 10.5. The number of unbranched alkanes of at least 4 members (excludes halogenated alkanes) is 1. The van der Waals surface area contributed by atoms with Crippen LogP contribution in [0.5, 0.6) is 0 Å². The van der Waals surface area contributed by atoms with E-state index in [2.05, 4.69) is 11.7 Å². The van der Waals surface area contributed by atoms with Gasteiger partial charge >= 0.3 is 5.97 Å². The molecular weight excluding hydrogens is 204 g/mol. The van der Waals surface area contributed by atoms with Gasteiger partial charge in [-0.15, -0.1) is 0 Å². The lowest BCUT2D eigenvalue weighted by Crippen LogP contribution is -2.19. The molecule has 1 saturated carbocycles. The number of rotatable bonds is 5. The van der Waals surface area contributed by atoms with Crippen LogP contribution in [0.1, 0.15) is 46.0 Å². The topological polar surface area (TPSA) is 43.4 Å². The van der Waals surface area contributed by atoms with E-state index in [0.29, 0.717) is 12.2 Å². The Bertz CT molecular complexity index is 260. The maximum Gasteiger partial charge on any atom is 0.305 e. The van der Waals surface area contributed by atoms with Crippen LogP contribution in [-0.4, -0.2) is 18.9 Å². The summed E-state index contributed by atoms with van der Waals surface area (Å²) in [6.07, 6.45) is 4.36. The van der Waals surface area contributed by atoms with E-state index in [0.717, 1.165) is 25.7 Å². The van der Waals surface area contributed by atoms with Crippen LogP contribution in [0.3, 0.4) is 0 Å². The highest BCUT2D eigenvalue weighted by Crippen LogP contribution is 2.38. The molecule has 0 N–H and O–H groups in total. The van der Waals surface area contributed by atoms with E-state index in [-0.39, 0.29) is 23.7 Å². The standard InChI is InChI=1S/C13H22O3/c1-4-5-6-11-10(8-12(14)16-3)7-9(2)13(11)15/h9-11H,4-8H2,1-3H3. The molecule has 0 heterocycles. The van der Waals surface area contributed by atoms with Gasteiger partial charge in [-0.1, -0.05) is 26.7 Å². The van der Waals surface area contributed by atoms with Crippen molar-refractivity contribution < 1.29 is 14.3 Å². The molecule has 3 heteroatoms. The minimum Gasteiger partial charge on any atom is -0.469 e. The minimum absolute atomic E-state index is 0.0917. The summed E-state index contributed by atoms with van der Waals surface area (Å²) in [7, 11) is 1.41. The van der Waals surface area contributed by atoms with Crippen LogP contribution in [0.25, 0.3) is 0 Å². The van der Waals surface area contributed by atoms with E-state index in [4.69, 9.17) is 0 Å². The van der Waals surface area contributed by atoms with Crippen molar-refractivity contribution in [2.45, 2.75) is 46.0 Å². The zero-order valence-electron chi connectivity index (χ0n) is 10.5. The van der Waals surface area contributed by atoms with Crippen LogP contribution in [0.15, 0.2) is 0 Å². The molecule has 0 bridgehead atoms. The summed E-state index contributed by atoms with van der Waals surface area (Å²) in [5.41, 5.74) is 0. The molecule has 0 aliphatic heterocycles. The van der Waals surface area contributed by atoms with Gasteiger partial charge in [-0.2, -0.15) is 0 Å². The quantitative estimate of drug-likeness (QED) is 0.677. The maximum absolute atomic E-state index is 11.9. The first kappa shape index (κ1) is 13.2.